The van der Waals surface area contributed by atoms with Crippen LogP contribution in [0, 0.1) is 31.1 Å². The Labute approximate surface area is 208 Å². The van der Waals surface area contributed by atoms with Crippen LogP contribution in [0.15, 0.2) is 29.4 Å². The number of amides is 2. The van der Waals surface area contributed by atoms with E-state index in [1.165, 1.54) is 0 Å². The van der Waals surface area contributed by atoms with Crippen LogP contribution in [0.5, 0.6) is 5.75 Å². The van der Waals surface area contributed by atoms with E-state index in [1.807, 2.05) is 32.9 Å². The second kappa shape index (κ2) is 10.9. The number of carbonyl (C=O) groups excluding carboxylic acids is 2. The molecule has 3 rings (SSSR count). The van der Waals surface area contributed by atoms with E-state index in [2.05, 4.69) is 30.8 Å². The number of hydrogen-bond acceptors (Lipinski definition) is 6. The molecule has 0 aromatic heterocycles. The van der Waals surface area contributed by atoms with Gasteiger partial charge in [-0.15, -0.1) is 0 Å². The molecule has 1 aromatic carbocycles. The monoisotopic (exact) mass is 485 g/mol. The number of nitrogens with zero attached hydrogens (tertiary/aromatic N) is 2. The Bertz CT molecular complexity index is 993. The summed E-state index contributed by atoms with van der Waals surface area (Å²) in [6.07, 6.45) is 1.01. The zero-order valence-electron chi connectivity index (χ0n) is 21.6. The summed E-state index contributed by atoms with van der Waals surface area (Å²) in [6, 6.07) is 3.99. The van der Waals surface area contributed by atoms with Crippen LogP contribution in [0.4, 0.5) is 0 Å². The van der Waals surface area contributed by atoms with Gasteiger partial charge in [-0.1, -0.05) is 32.6 Å². The van der Waals surface area contributed by atoms with E-state index in [0.717, 1.165) is 34.4 Å². The smallest absolute Gasteiger partial charge is 0.245 e. The Balaban J connectivity index is 1.56. The molecule has 0 saturated heterocycles. The van der Waals surface area contributed by atoms with Crippen molar-refractivity contribution in [2.24, 2.45) is 22.4 Å². The Morgan fingerprint density at radius 3 is 2.57 bits per heavy atom. The van der Waals surface area contributed by atoms with Gasteiger partial charge >= 0.3 is 0 Å². The number of aliphatic hydroxyl groups excluding tert-OH is 2. The number of hydrazone groups is 1. The molecule has 8 nitrogen and oxygen atoms in total. The van der Waals surface area contributed by atoms with E-state index in [1.54, 1.807) is 5.01 Å². The first-order valence-corrected chi connectivity index (χ1v) is 12.3. The van der Waals surface area contributed by atoms with Crippen molar-refractivity contribution in [1.29, 1.82) is 0 Å². The molecule has 1 aliphatic carbocycles. The third-order valence-electron chi connectivity index (χ3n) is 7.35. The molecule has 0 spiro atoms. The second-order valence-electron chi connectivity index (χ2n) is 10.4. The maximum absolute atomic E-state index is 13.0. The second-order valence-corrected chi connectivity index (χ2v) is 10.4. The molecule has 3 unspecified atom stereocenters. The fraction of sp³-hybridized carbons (Fsp3) is 0.593. The lowest BCUT2D eigenvalue weighted by Crippen LogP contribution is -2.36. The van der Waals surface area contributed by atoms with Gasteiger partial charge in [-0.2, -0.15) is 5.10 Å². The van der Waals surface area contributed by atoms with Crippen molar-refractivity contribution in [3.05, 3.63) is 41.0 Å². The minimum atomic E-state index is -0.893. The largest absolute Gasteiger partial charge is 0.490 e. The van der Waals surface area contributed by atoms with Crippen LogP contribution in [-0.4, -0.2) is 65.2 Å². The van der Waals surface area contributed by atoms with Gasteiger partial charge in [0, 0.05) is 19.5 Å². The predicted octanol–water partition coefficient (Wildman–Crippen LogP) is 2.52. The molecule has 0 bridgehead atoms. The number of hydrogen-bond donors (Lipinski definition) is 3. The van der Waals surface area contributed by atoms with Gasteiger partial charge in [-0.25, -0.2) is 5.01 Å². The molecule has 35 heavy (non-hydrogen) atoms. The number of benzene rings is 1. The molecule has 1 aromatic rings. The highest BCUT2D eigenvalue weighted by molar-refractivity contribution is 5.99. The van der Waals surface area contributed by atoms with Crippen molar-refractivity contribution >= 4 is 17.5 Å². The summed E-state index contributed by atoms with van der Waals surface area (Å²) in [5.41, 5.74) is 5.01. The van der Waals surface area contributed by atoms with Gasteiger partial charge < -0.3 is 20.3 Å². The molecule has 8 heteroatoms. The van der Waals surface area contributed by atoms with E-state index >= 15 is 0 Å². The van der Waals surface area contributed by atoms with Crippen molar-refractivity contribution in [2.45, 2.75) is 60.0 Å². The third kappa shape index (κ3) is 6.30. The molecule has 1 fully saturated rings. The fourth-order valence-electron chi connectivity index (χ4n) is 5.26. The van der Waals surface area contributed by atoms with Crippen LogP contribution < -0.4 is 10.1 Å². The van der Waals surface area contributed by atoms with Crippen LogP contribution in [0.1, 0.15) is 50.3 Å². The summed E-state index contributed by atoms with van der Waals surface area (Å²) in [7, 11) is 0. The number of rotatable bonds is 9. The normalized spacial score (nSPS) is 23.3. The van der Waals surface area contributed by atoms with Crippen molar-refractivity contribution in [3.63, 3.8) is 0 Å². The molecule has 1 heterocycles. The molecular formula is C27H39N3O5. The minimum absolute atomic E-state index is 0.00237. The lowest BCUT2D eigenvalue weighted by Gasteiger charge is -2.21. The zero-order valence-corrected chi connectivity index (χ0v) is 21.6. The summed E-state index contributed by atoms with van der Waals surface area (Å²) < 4.78 is 5.78. The Morgan fingerprint density at radius 1 is 1.29 bits per heavy atom. The number of fused-ring (bicyclic) bond motifs is 1. The Hall–Kier alpha value is -2.71. The van der Waals surface area contributed by atoms with E-state index in [4.69, 9.17) is 9.84 Å². The highest BCUT2D eigenvalue weighted by Crippen LogP contribution is 2.63. The van der Waals surface area contributed by atoms with E-state index in [-0.39, 0.29) is 24.5 Å². The summed E-state index contributed by atoms with van der Waals surface area (Å²) in [5, 5.41) is 27.4. The standard InChI is InChI=1S/C27H39N3O5/c1-16-11-20(12-17(2)26(16)35-15-21(32)13-28-23(33)14-31)7-8-24(34)30-10-9-22-25(27(22,5)6)18(3)19(4)29-30/h11-12,21-22,25,31-32H,3,7-10,13-15H2,1-2,4-6H3,(H,28,33)/b29-19-. The molecule has 192 valence electrons. The molecule has 3 atom stereocenters. The number of aryl methyl sites for hydroxylation is 3. The van der Waals surface area contributed by atoms with Crippen molar-refractivity contribution in [3.8, 4) is 5.75 Å². The summed E-state index contributed by atoms with van der Waals surface area (Å²) in [4.78, 5) is 24.1. The number of allylic oxidation sites excluding steroid dienone is 1. The van der Waals surface area contributed by atoms with Crippen LogP contribution in [0.3, 0.4) is 0 Å². The fourth-order valence-corrected chi connectivity index (χ4v) is 5.26. The summed E-state index contributed by atoms with van der Waals surface area (Å²) in [6.45, 7) is 14.6. The highest BCUT2D eigenvalue weighted by atomic mass is 16.5. The van der Waals surface area contributed by atoms with Crippen molar-refractivity contribution in [1.82, 2.24) is 10.3 Å². The zero-order chi connectivity index (χ0) is 25.9. The van der Waals surface area contributed by atoms with Gasteiger partial charge in [0.2, 0.25) is 11.8 Å². The maximum atomic E-state index is 13.0. The summed E-state index contributed by atoms with van der Waals surface area (Å²) in [5.74, 6) is 1.17. The molecule has 3 N–H and O–H groups in total. The molecular weight excluding hydrogens is 446 g/mol. The first-order chi connectivity index (χ1) is 16.4. The molecule has 2 aliphatic rings. The van der Waals surface area contributed by atoms with Crippen molar-refractivity contribution < 1.29 is 24.5 Å². The van der Waals surface area contributed by atoms with Crippen molar-refractivity contribution in [2.75, 3.05) is 26.3 Å². The van der Waals surface area contributed by atoms with E-state index in [9.17, 15) is 14.7 Å². The minimum Gasteiger partial charge on any atom is -0.490 e. The maximum Gasteiger partial charge on any atom is 0.245 e. The van der Waals surface area contributed by atoms with Crippen LogP contribution >= 0.6 is 0 Å². The highest BCUT2D eigenvalue weighted by Gasteiger charge is 2.58. The van der Waals surface area contributed by atoms with Gasteiger partial charge in [-0.3, -0.25) is 9.59 Å². The number of carbonyl (C=O) groups is 2. The summed E-state index contributed by atoms with van der Waals surface area (Å²) >= 11 is 0. The van der Waals surface area contributed by atoms with Crippen LogP contribution in [0.25, 0.3) is 0 Å². The van der Waals surface area contributed by atoms with Gasteiger partial charge in [-0.05, 0) is 73.1 Å². The van der Waals surface area contributed by atoms with Gasteiger partial charge in [0.25, 0.3) is 0 Å². The molecule has 1 saturated carbocycles. The topological polar surface area (TPSA) is 111 Å². The number of nitrogens with one attached hydrogen (secondary N) is 1. The first kappa shape index (κ1) is 26.9. The average molecular weight is 486 g/mol. The lowest BCUT2D eigenvalue weighted by atomic mass is 10.0. The molecule has 0 radical (unpaired) electrons. The Kier molecular flexibility index (Phi) is 8.38. The quantitative estimate of drug-likeness (QED) is 0.498. The lowest BCUT2D eigenvalue weighted by molar-refractivity contribution is -0.131. The van der Waals surface area contributed by atoms with Crippen LogP contribution in [-0.2, 0) is 16.0 Å². The number of ether oxygens (including phenoxy) is 1. The van der Waals surface area contributed by atoms with E-state index in [0.29, 0.717) is 37.0 Å². The molecule has 1 aliphatic heterocycles. The van der Waals surface area contributed by atoms with Crippen LogP contribution in [0.2, 0.25) is 0 Å². The average Bonchev–Trinajstić information content (AvgIpc) is 3.35. The Morgan fingerprint density at radius 2 is 1.94 bits per heavy atom. The third-order valence-corrected chi connectivity index (χ3v) is 7.35. The van der Waals surface area contributed by atoms with Gasteiger partial charge in [0.05, 0.1) is 5.71 Å². The molecule has 2 amide bonds. The van der Waals surface area contributed by atoms with Gasteiger partial charge in [0.15, 0.2) is 0 Å². The SMILES string of the molecule is C=C1/C(C)=N\N(C(=O)CCc2cc(C)c(OCC(O)CNC(=O)CO)c(C)c2)CCC2C1C2(C)C. The first-order valence-electron chi connectivity index (χ1n) is 12.3. The van der Waals surface area contributed by atoms with E-state index < -0.39 is 18.6 Å². The predicted molar refractivity (Wildman–Crippen MR) is 135 cm³/mol. The van der Waals surface area contributed by atoms with Gasteiger partial charge in [0.1, 0.15) is 25.1 Å². The number of aliphatic hydroxyl groups is 2.